The maximum Gasteiger partial charge on any atom is 0.327 e. The highest BCUT2D eigenvalue weighted by atomic mass is 16.4. The lowest BCUT2D eigenvalue weighted by Gasteiger charge is -2.43. The molecule has 96 valence electrons. The summed E-state index contributed by atoms with van der Waals surface area (Å²) in [7, 11) is 1.80. The van der Waals surface area contributed by atoms with Crippen molar-refractivity contribution in [1.29, 1.82) is 0 Å². The van der Waals surface area contributed by atoms with Gasteiger partial charge in [0.2, 0.25) is 5.91 Å². The third-order valence-corrected chi connectivity index (χ3v) is 3.77. The molecule has 1 amide bonds. The molecule has 2 fully saturated rings. The van der Waals surface area contributed by atoms with Crippen molar-refractivity contribution in [2.45, 2.75) is 44.2 Å². The first-order chi connectivity index (χ1) is 8.09. The number of carboxylic acids is 1. The van der Waals surface area contributed by atoms with Crippen molar-refractivity contribution >= 4 is 11.9 Å². The lowest BCUT2D eigenvalue weighted by Crippen LogP contribution is -2.61. The molecule has 17 heavy (non-hydrogen) atoms. The molecule has 1 N–H and O–H groups in total. The van der Waals surface area contributed by atoms with E-state index in [2.05, 4.69) is 0 Å². The molecule has 1 atom stereocenters. The predicted octanol–water partition coefficient (Wildman–Crippen LogP) is 0.546. The van der Waals surface area contributed by atoms with Gasteiger partial charge >= 0.3 is 5.97 Å². The number of hydrogen-bond donors (Lipinski definition) is 1. The molecule has 0 aromatic carbocycles. The molecule has 1 saturated heterocycles. The topological polar surface area (TPSA) is 60.9 Å². The number of likely N-dealkylation sites (N-methyl/N-ethyl adjacent to an activating group) is 1. The molecular formula is C12H20N2O3. The summed E-state index contributed by atoms with van der Waals surface area (Å²) in [5.41, 5.74) is 0. The van der Waals surface area contributed by atoms with Crippen molar-refractivity contribution in [3.05, 3.63) is 0 Å². The highest BCUT2D eigenvalue weighted by molar-refractivity contribution is 5.86. The van der Waals surface area contributed by atoms with Crippen molar-refractivity contribution < 1.29 is 14.7 Å². The van der Waals surface area contributed by atoms with Crippen molar-refractivity contribution in [2.24, 2.45) is 0 Å². The molecular weight excluding hydrogens is 220 g/mol. The molecule has 2 aliphatic rings. The van der Waals surface area contributed by atoms with Crippen LogP contribution >= 0.6 is 0 Å². The van der Waals surface area contributed by atoms with E-state index in [9.17, 15) is 14.7 Å². The summed E-state index contributed by atoms with van der Waals surface area (Å²) >= 11 is 0. The van der Waals surface area contributed by atoms with E-state index in [4.69, 9.17) is 0 Å². The van der Waals surface area contributed by atoms with Gasteiger partial charge in [0.1, 0.15) is 6.04 Å². The van der Waals surface area contributed by atoms with Crippen LogP contribution in [0, 0.1) is 0 Å². The fourth-order valence-electron chi connectivity index (χ4n) is 2.95. The molecule has 0 aromatic rings. The fourth-order valence-corrected chi connectivity index (χ4v) is 2.95. The number of amides is 1. The van der Waals surface area contributed by atoms with E-state index in [0.29, 0.717) is 13.1 Å². The Morgan fingerprint density at radius 2 is 1.94 bits per heavy atom. The summed E-state index contributed by atoms with van der Waals surface area (Å²) in [5, 5.41) is 9.25. The van der Waals surface area contributed by atoms with Crippen LogP contribution in [0.4, 0.5) is 0 Å². The average Bonchev–Trinajstić information content (AvgIpc) is 2.29. The Morgan fingerprint density at radius 3 is 2.53 bits per heavy atom. The first-order valence-electron chi connectivity index (χ1n) is 6.32. The third kappa shape index (κ3) is 2.60. The molecule has 1 unspecified atom stereocenters. The Labute approximate surface area is 101 Å². The van der Waals surface area contributed by atoms with Crippen LogP contribution in [-0.2, 0) is 9.59 Å². The summed E-state index contributed by atoms with van der Waals surface area (Å²) < 4.78 is 0. The van der Waals surface area contributed by atoms with Crippen LogP contribution in [0.1, 0.15) is 32.1 Å². The van der Waals surface area contributed by atoms with Gasteiger partial charge in [0.15, 0.2) is 0 Å². The highest BCUT2D eigenvalue weighted by Gasteiger charge is 2.39. The van der Waals surface area contributed by atoms with E-state index in [0.717, 1.165) is 25.7 Å². The Kier molecular flexibility index (Phi) is 3.66. The standard InChI is InChI=1S/C12H20N2O3/c1-13-7-10(12(16)17)14(11(15)8-13)9-5-3-2-4-6-9/h9-10H,2-8H2,1H3,(H,16,17). The quantitative estimate of drug-likeness (QED) is 0.765. The second-order valence-corrected chi connectivity index (χ2v) is 5.14. The lowest BCUT2D eigenvalue weighted by atomic mass is 9.92. The number of nitrogens with zero attached hydrogens (tertiary/aromatic N) is 2. The number of rotatable bonds is 2. The molecule has 5 nitrogen and oxygen atoms in total. The van der Waals surface area contributed by atoms with Gasteiger partial charge in [-0.3, -0.25) is 9.69 Å². The molecule has 1 heterocycles. The zero-order chi connectivity index (χ0) is 12.4. The summed E-state index contributed by atoms with van der Waals surface area (Å²) in [6, 6.07) is -0.518. The largest absolute Gasteiger partial charge is 0.480 e. The van der Waals surface area contributed by atoms with Crippen LogP contribution in [0.2, 0.25) is 0 Å². The van der Waals surface area contributed by atoms with Gasteiger partial charge in [-0.05, 0) is 19.9 Å². The smallest absolute Gasteiger partial charge is 0.327 e. The Bertz CT molecular complexity index is 313. The molecule has 5 heteroatoms. The molecule has 1 saturated carbocycles. The number of piperazine rings is 1. The molecule has 0 aromatic heterocycles. The zero-order valence-corrected chi connectivity index (χ0v) is 10.3. The van der Waals surface area contributed by atoms with E-state index in [1.54, 1.807) is 16.8 Å². The first-order valence-corrected chi connectivity index (χ1v) is 6.32. The normalized spacial score (nSPS) is 28.4. The Hall–Kier alpha value is -1.10. The third-order valence-electron chi connectivity index (χ3n) is 3.77. The number of carbonyl (C=O) groups is 2. The molecule has 0 spiro atoms. The zero-order valence-electron chi connectivity index (χ0n) is 10.3. The van der Waals surface area contributed by atoms with Gasteiger partial charge < -0.3 is 10.0 Å². The molecule has 1 aliphatic heterocycles. The van der Waals surface area contributed by atoms with Crippen LogP contribution in [0.25, 0.3) is 0 Å². The SMILES string of the molecule is CN1CC(=O)N(C2CCCCC2)C(C(=O)O)C1. The van der Waals surface area contributed by atoms with Crippen LogP contribution in [0.15, 0.2) is 0 Å². The van der Waals surface area contributed by atoms with Crippen molar-refractivity contribution in [1.82, 2.24) is 9.80 Å². The lowest BCUT2D eigenvalue weighted by molar-refractivity contribution is -0.158. The summed E-state index contributed by atoms with van der Waals surface area (Å²) in [6.07, 6.45) is 5.34. The molecule has 0 bridgehead atoms. The van der Waals surface area contributed by atoms with E-state index in [1.165, 1.54) is 6.42 Å². The van der Waals surface area contributed by atoms with Gasteiger partial charge in [0, 0.05) is 12.6 Å². The Morgan fingerprint density at radius 1 is 1.29 bits per heavy atom. The van der Waals surface area contributed by atoms with Gasteiger partial charge in [-0.25, -0.2) is 4.79 Å². The summed E-state index contributed by atoms with van der Waals surface area (Å²) in [4.78, 5) is 26.8. The van der Waals surface area contributed by atoms with Gasteiger partial charge in [0.05, 0.1) is 6.54 Å². The van der Waals surface area contributed by atoms with Crippen LogP contribution in [-0.4, -0.2) is 59.0 Å². The highest BCUT2D eigenvalue weighted by Crippen LogP contribution is 2.26. The number of carbonyl (C=O) groups excluding carboxylic acids is 1. The van der Waals surface area contributed by atoms with Crippen molar-refractivity contribution in [3.63, 3.8) is 0 Å². The first kappa shape index (κ1) is 12.4. The Balaban J connectivity index is 2.14. The second-order valence-electron chi connectivity index (χ2n) is 5.14. The minimum absolute atomic E-state index is 0.0296. The van der Waals surface area contributed by atoms with E-state index < -0.39 is 12.0 Å². The average molecular weight is 240 g/mol. The van der Waals surface area contributed by atoms with Gasteiger partial charge in [-0.15, -0.1) is 0 Å². The fraction of sp³-hybridized carbons (Fsp3) is 0.833. The van der Waals surface area contributed by atoms with Crippen molar-refractivity contribution in [2.75, 3.05) is 20.1 Å². The minimum atomic E-state index is -0.879. The van der Waals surface area contributed by atoms with Gasteiger partial charge in [-0.1, -0.05) is 19.3 Å². The monoisotopic (exact) mass is 240 g/mol. The van der Waals surface area contributed by atoms with E-state index in [-0.39, 0.29) is 11.9 Å². The number of carboxylic acid groups (broad SMARTS) is 1. The van der Waals surface area contributed by atoms with Crippen molar-refractivity contribution in [3.8, 4) is 0 Å². The van der Waals surface area contributed by atoms with Gasteiger partial charge in [-0.2, -0.15) is 0 Å². The molecule has 1 aliphatic carbocycles. The summed E-state index contributed by atoms with van der Waals surface area (Å²) in [5.74, 6) is -0.909. The van der Waals surface area contributed by atoms with E-state index in [1.807, 2.05) is 0 Å². The van der Waals surface area contributed by atoms with Crippen LogP contribution in [0.3, 0.4) is 0 Å². The van der Waals surface area contributed by atoms with Crippen LogP contribution < -0.4 is 0 Å². The maximum atomic E-state index is 12.0. The predicted molar refractivity (Wildman–Crippen MR) is 62.6 cm³/mol. The van der Waals surface area contributed by atoms with Gasteiger partial charge in [0.25, 0.3) is 0 Å². The molecule has 0 radical (unpaired) electrons. The second kappa shape index (κ2) is 5.04. The maximum absolute atomic E-state index is 12.0. The summed E-state index contributed by atoms with van der Waals surface area (Å²) in [6.45, 7) is 0.790. The molecule has 2 rings (SSSR count). The number of aliphatic carboxylic acids is 1. The number of hydrogen-bond acceptors (Lipinski definition) is 3. The minimum Gasteiger partial charge on any atom is -0.480 e. The van der Waals surface area contributed by atoms with E-state index >= 15 is 0 Å². The van der Waals surface area contributed by atoms with Crippen LogP contribution in [0.5, 0.6) is 0 Å².